The van der Waals surface area contributed by atoms with Gasteiger partial charge in [-0.05, 0) is 30.7 Å². The van der Waals surface area contributed by atoms with Crippen LogP contribution in [0.1, 0.15) is 24.1 Å². The summed E-state index contributed by atoms with van der Waals surface area (Å²) in [7, 11) is 0. The van der Waals surface area contributed by atoms with E-state index in [2.05, 4.69) is 5.43 Å². The Morgan fingerprint density at radius 2 is 1.67 bits per heavy atom. The molecule has 0 radical (unpaired) electrons. The predicted octanol–water partition coefficient (Wildman–Crippen LogP) is 3.81. The fourth-order valence-electron chi connectivity index (χ4n) is 1.85. The Bertz CT molecular complexity index is 503. The molecule has 0 amide bonds. The highest BCUT2D eigenvalue weighted by Crippen LogP contribution is 2.34. The molecule has 0 saturated carbocycles. The first-order chi connectivity index (χ1) is 8.48. The van der Waals surface area contributed by atoms with Gasteiger partial charge in [0.05, 0.1) is 11.6 Å². The van der Waals surface area contributed by atoms with Crippen LogP contribution in [0.5, 0.6) is 0 Å². The Kier molecular flexibility index (Phi) is 3.32. The molecule has 1 N–H and O–H groups in total. The van der Waals surface area contributed by atoms with Crippen molar-refractivity contribution < 1.29 is 13.2 Å². The molecule has 5 heteroatoms. The van der Waals surface area contributed by atoms with E-state index in [9.17, 15) is 13.2 Å². The van der Waals surface area contributed by atoms with Crippen LogP contribution in [-0.4, -0.2) is 4.68 Å². The maximum absolute atomic E-state index is 12.9. The van der Waals surface area contributed by atoms with E-state index in [0.29, 0.717) is 0 Å². The first-order valence-electron chi connectivity index (χ1n) is 5.54. The molecule has 0 aliphatic carbocycles. The zero-order valence-electron chi connectivity index (χ0n) is 9.78. The van der Waals surface area contributed by atoms with Gasteiger partial charge in [0.25, 0.3) is 0 Å². The third kappa shape index (κ3) is 2.67. The smallest absolute Gasteiger partial charge is 0.319 e. The molecule has 0 fully saturated rings. The second-order valence-corrected chi connectivity index (χ2v) is 4.03. The minimum Gasteiger partial charge on any atom is -0.319 e. The number of alkyl halides is 3. The standard InChI is InChI=1S/C13H13F3N2/c1-10(17-18-8-4-5-9-18)11-6-2-3-7-12(11)13(14,15)16/h2-10,17H,1H3. The van der Waals surface area contributed by atoms with Crippen molar-refractivity contribution >= 4 is 0 Å². The van der Waals surface area contributed by atoms with E-state index in [0.717, 1.165) is 6.07 Å². The molecular formula is C13H13F3N2. The Balaban J connectivity index is 2.27. The van der Waals surface area contributed by atoms with Gasteiger partial charge in [-0.1, -0.05) is 18.2 Å². The van der Waals surface area contributed by atoms with Crippen molar-refractivity contribution in [3.63, 3.8) is 0 Å². The zero-order chi connectivity index (χ0) is 13.2. The van der Waals surface area contributed by atoms with Crippen LogP contribution in [0.15, 0.2) is 48.8 Å². The van der Waals surface area contributed by atoms with E-state index in [4.69, 9.17) is 0 Å². The fourth-order valence-corrected chi connectivity index (χ4v) is 1.85. The van der Waals surface area contributed by atoms with Crippen LogP contribution < -0.4 is 5.43 Å². The first kappa shape index (κ1) is 12.5. The van der Waals surface area contributed by atoms with Crippen molar-refractivity contribution in [1.82, 2.24) is 4.68 Å². The van der Waals surface area contributed by atoms with Crippen LogP contribution >= 0.6 is 0 Å². The van der Waals surface area contributed by atoms with Crippen molar-refractivity contribution in [1.29, 1.82) is 0 Å². The summed E-state index contributed by atoms with van der Waals surface area (Å²) >= 11 is 0. The van der Waals surface area contributed by atoms with Crippen LogP contribution in [0.2, 0.25) is 0 Å². The summed E-state index contributed by atoms with van der Waals surface area (Å²) in [5, 5.41) is 0. The lowest BCUT2D eigenvalue weighted by atomic mass is 10.0. The molecule has 1 unspecified atom stereocenters. The van der Waals surface area contributed by atoms with E-state index >= 15 is 0 Å². The number of nitrogens with one attached hydrogen (secondary N) is 1. The molecule has 0 bridgehead atoms. The van der Waals surface area contributed by atoms with Crippen LogP contribution in [-0.2, 0) is 6.18 Å². The lowest BCUT2D eigenvalue weighted by Gasteiger charge is -2.20. The third-order valence-electron chi connectivity index (χ3n) is 2.68. The molecule has 0 aliphatic heterocycles. The van der Waals surface area contributed by atoms with Crippen molar-refractivity contribution in [3.8, 4) is 0 Å². The second kappa shape index (κ2) is 4.76. The highest BCUT2D eigenvalue weighted by molar-refractivity contribution is 5.33. The molecule has 18 heavy (non-hydrogen) atoms. The predicted molar refractivity (Wildman–Crippen MR) is 63.7 cm³/mol. The third-order valence-corrected chi connectivity index (χ3v) is 2.68. The summed E-state index contributed by atoms with van der Waals surface area (Å²) in [4.78, 5) is 0. The van der Waals surface area contributed by atoms with Gasteiger partial charge in [0.1, 0.15) is 0 Å². The quantitative estimate of drug-likeness (QED) is 0.881. The normalized spacial score (nSPS) is 13.3. The molecule has 96 valence electrons. The van der Waals surface area contributed by atoms with Gasteiger partial charge >= 0.3 is 6.18 Å². The van der Waals surface area contributed by atoms with Crippen molar-refractivity contribution in [2.24, 2.45) is 0 Å². The van der Waals surface area contributed by atoms with E-state index in [1.807, 2.05) is 0 Å². The molecule has 0 spiro atoms. The molecule has 0 saturated heterocycles. The number of halogens is 3. The number of nitrogens with zero attached hydrogens (tertiary/aromatic N) is 1. The Hall–Kier alpha value is -1.91. The number of rotatable bonds is 3. The highest BCUT2D eigenvalue weighted by atomic mass is 19.4. The molecule has 2 nitrogen and oxygen atoms in total. The monoisotopic (exact) mass is 254 g/mol. The summed E-state index contributed by atoms with van der Waals surface area (Å²) in [6.07, 6.45) is -0.845. The SMILES string of the molecule is CC(Nn1cccc1)c1ccccc1C(F)(F)F. The molecule has 1 atom stereocenters. The minimum absolute atomic E-state index is 0.235. The largest absolute Gasteiger partial charge is 0.416 e. The van der Waals surface area contributed by atoms with E-state index in [1.165, 1.54) is 12.1 Å². The number of benzene rings is 1. The molecule has 2 aromatic rings. The van der Waals surface area contributed by atoms with Gasteiger partial charge in [0.15, 0.2) is 0 Å². The highest BCUT2D eigenvalue weighted by Gasteiger charge is 2.34. The Morgan fingerprint density at radius 1 is 1.06 bits per heavy atom. The van der Waals surface area contributed by atoms with Gasteiger partial charge in [-0.3, -0.25) is 4.68 Å². The van der Waals surface area contributed by atoms with Crippen LogP contribution in [0, 0.1) is 0 Å². The van der Waals surface area contributed by atoms with Gasteiger partial charge in [0, 0.05) is 12.4 Å². The van der Waals surface area contributed by atoms with Crippen molar-refractivity contribution in [2.45, 2.75) is 19.1 Å². The maximum Gasteiger partial charge on any atom is 0.416 e. The van der Waals surface area contributed by atoms with Crippen molar-refractivity contribution in [2.75, 3.05) is 5.43 Å². The zero-order valence-corrected chi connectivity index (χ0v) is 9.78. The Morgan fingerprint density at radius 3 is 2.28 bits per heavy atom. The second-order valence-electron chi connectivity index (χ2n) is 4.03. The summed E-state index contributed by atoms with van der Waals surface area (Å²) in [5.74, 6) is 0. The topological polar surface area (TPSA) is 17.0 Å². The van der Waals surface area contributed by atoms with Crippen LogP contribution in [0.4, 0.5) is 13.2 Å². The molecule has 1 aromatic heterocycles. The van der Waals surface area contributed by atoms with Gasteiger partial charge in [-0.15, -0.1) is 0 Å². The summed E-state index contributed by atoms with van der Waals surface area (Å²) in [6.45, 7) is 1.70. The fraction of sp³-hybridized carbons (Fsp3) is 0.231. The van der Waals surface area contributed by atoms with Crippen molar-refractivity contribution in [3.05, 3.63) is 59.9 Å². The van der Waals surface area contributed by atoms with E-state index < -0.39 is 17.8 Å². The number of aromatic nitrogens is 1. The average molecular weight is 254 g/mol. The summed E-state index contributed by atoms with van der Waals surface area (Å²) in [6, 6.07) is 8.76. The van der Waals surface area contributed by atoms with E-state index in [1.54, 1.807) is 42.2 Å². The van der Waals surface area contributed by atoms with E-state index in [-0.39, 0.29) is 5.56 Å². The molecular weight excluding hydrogens is 241 g/mol. The number of hydrogen-bond acceptors (Lipinski definition) is 1. The molecule has 1 heterocycles. The minimum atomic E-state index is -4.33. The Labute approximate surface area is 103 Å². The molecule has 2 rings (SSSR count). The van der Waals surface area contributed by atoms with Gasteiger partial charge in [-0.25, -0.2) is 0 Å². The average Bonchev–Trinajstić information content (AvgIpc) is 2.80. The lowest BCUT2D eigenvalue weighted by molar-refractivity contribution is -0.138. The van der Waals surface area contributed by atoms with Gasteiger partial charge < -0.3 is 5.43 Å². The summed E-state index contributed by atoms with van der Waals surface area (Å²) < 4.78 is 40.2. The molecule has 0 aliphatic rings. The number of hydrogen-bond donors (Lipinski definition) is 1. The van der Waals surface area contributed by atoms with Crippen LogP contribution in [0.25, 0.3) is 0 Å². The molecule has 1 aromatic carbocycles. The first-order valence-corrected chi connectivity index (χ1v) is 5.54. The van der Waals surface area contributed by atoms with Gasteiger partial charge in [0.2, 0.25) is 0 Å². The maximum atomic E-state index is 12.9. The van der Waals surface area contributed by atoms with Gasteiger partial charge in [-0.2, -0.15) is 13.2 Å². The summed E-state index contributed by atoms with van der Waals surface area (Å²) in [5.41, 5.74) is 2.60. The van der Waals surface area contributed by atoms with Crippen LogP contribution in [0.3, 0.4) is 0 Å². The lowest BCUT2D eigenvalue weighted by Crippen LogP contribution is -2.20.